The molecule has 7 heteroatoms. The van der Waals surface area contributed by atoms with Gasteiger partial charge in [-0.05, 0) is 24.5 Å². The van der Waals surface area contributed by atoms with E-state index in [2.05, 4.69) is 19.2 Å². The monoisotopic (exact) mass is 324 g/mol. The Morgan fingerprint density at radius 2 is 1.95 bits per heavy atom. The van der Waals surface area contributed by atoms with Gasteiger partial charge in [-0.15, -0.1) is 0 Å². The smallest absolute Gasteiger partial charge is 0.269 e. The van der Waals surface area contributed by atoms with Gasteiger partial charge in [0.15, 0.2) is 0 Å². The first-order chi connectivity index (χ1) is 10.3. The van der Waals surface area contributed by atoms with Crippen LogP contribution in [0.4, 0.5) is 0 Å². The van der Waals surface area contributed by atoms with Gasteiger partial charge >= 0.3 is 0 Å². The van der Waals surface area contributed by atoms with E-state index in [1.165, 1.54) is 12.1 Å². The number of hydrogen-bond acceptors (Lipinski definition) is 4. The fraction of sp³-hybridized carbons (Fsp3) is 0.467. The van der Waals surface area contributed by atoms with Crippen LogP contribution in [0, 0.1) is 5.92 Å². The number of carbonyl (C=O) groups is 2. The maximum Gasteiger partial charge on any atom is 0.269 e. The van der Waals surface area contributed by atoms with Crippen molar-refractivity contribution in [2.75, 3.05) is 13.1 Å². The van der Waals surface area contributed by atoms with Crippen LogP contribution < -0.4 is 5.32 Å². The summed E-state index contributed by atoms with van der Waals surface area (Å²) in [5.74, 6) is -0.333. The van der Waals surface area contributed by atoms with E-state index in [-0.39, 0.29) is 29.3 Å². The lowest BCUT2D eigenvalue weighted by molar-refractivity contribution is -0.121. The minimum Gasteiger partial charge on any atom is -0.356 e. The Morgan fingerprint density at radius 1 is 1.27 bits per heavy atom. The topological polar surface area (TPSA) is 83.6 Å². The van der Waals surface area contributed by atoms with Crippen LogP contribution in [0.2, 0.25) is 0 Å². The molecular weight excluding hydrogens is 304 g/mol. The predicted molar refractivity (Wildman–Crippen MR) is 81.7 cm³/mol. The standard InChI is InChI=1S/C15H20N2O4S/c1-11(2)7-9-16-14(18)8-10-17-15(19)12-5-3-4-6-13(12)22(17,20)21/h3-6,11H,7-10H2,1-2H3,(H,16,18). The lowest BCUT2D eigenvalue weighted by Gasteiger charge is -2.15. The van der Waals surface area contributed by atoms with Gasteiger partial charge in [0.1, 0.15) is 4.90 Å². The average molecular weight is 324 g/mol. The number of nitrogens with zero attached hydrogens (tertiary/aromatic N) is 1. The molecular formula is C15H20N2O4S. The van der Waals surface area contributed by atoms with Crippen LogP contribution in [0.15, 0.2) is 29.2 Å². The van der Waals surface area contributed by atoms with Crippen LogP contribution in [0.1, 0.15) is 37.0 Å². The quantitative estimate of drug-likeness (QED) is 0.857. The first kappa shape index (κ1) is 16.5. The van der Waals surface area contributed by atoms with Gasteiger partial charge in [0.2, 0.25) is 5.91 Å². The fourth-order valence-corrected chi connectivity index (χ4v) is 3.81. The van der Waals surface area contributed by atoms with E-state index in [4.69, 9.17) is 0 Å². The van der Waals surface area contributed by atoms with Gasteiger partial charge < -0.3 is 5.32 Å². The highest BCUT2D eigenvalue weighted by Gasteiger charge is 2.40. The third kappa shape index (κ3) is 3.30. The summed E-state index contributed by atoms with van der Waals surface area (Å²) in [4.78, 5) is 23.9. The van der Waals surface area contributed by atoms with Gasteiger partial charge in [-0.2, -0.15) is 0 Å². The van der Waals surface area contributed by atoms with Crippen LogP contribution in [0.25, 0.3) is 0 Å². The number of benzene rings is 1. The second kappa shape index (κ2) is 6.48. The summed E-state index contributed by atoms with van der Waals surface area (Å²) in [6, 6.07) is 6.09. The van der Waals surface area contributed by atoms with E-state index >= 15 is 0 Å². The van der Waals surface area contributed by atoms with E-state index in [9.17, 15) is 18.0 Å². The maximum atomic E-state index is 12.3. The lowest BCUT2D eigenvalue weighted by Crippen LogP contribution is -2.35. The number of rotatable bonds is 6. The van der Waals surface area contributed by atoms with E-state index in [1.807, 2.05) is 0 Å². The van der Waals surface area contributed by atoms with Crippen LogP contribution >= 0.6 is 0 Å². The minimum atomic E-state index is -3.82. The van der Waals surface area contributed by atoms with Gasteiger partial charge in [-0.3, -0.25) is 9.59 Å². The van der Waals surface area contributed by atoms with Crippen molar-refractivity contribution in [3.05, 3.63) is 29.8 Å². The summed E-state index contributed by atoms with van der Waals surface area (Å²) in [6.45, 7) is 4.53. The second-order valence-electron chi connectivity index (χ2n) is 5.66. The molecule has 0 fully saturated rings. The fourth-order valence-electron chi connectivity index (χ4n) is 2.24. The lowest BCUT2D eigenvalue weighted by atomic mass is 10.1. The van der Waals surface area contributed by atoms with Crippen molar-refractivity contribution >= 4 is 21.8 Å². The number of sulfonamides is 1. The molecule has 2 rings (SSSR count). The van der Waals surface area contributed by atoms with Gasteiger partial charge in [-0.1, -0.05) is 26.0 Å². The molecule has 0 radical (unpaired) electrons. The minimum absolute atomic E-state index is 0.0141. The van der Waals surface area contributed by atoms with E-state index < -0.39 is 15.9 Å². The van der Waals surface area contributed by atoms with Crippen LogP contribution in [-0.2, 0) is 14.8 Å². The normalized spacial score (nSPS) is 16.0. The number of hydrogen-bond donors (Lipinski definition) is 1. The molecule has 1 N–H and O–H groups in total. The van der Waals surface area contributed by atoms with Gasteiger partial charge in [0.05, 0.1) is 5.56 Å². The highest BCUT2D eigenvalue weighted by atomic mass is 32.2. The van der Waals surface area contributed by atoms with Crippen molar-refractivity contribution in [1.29, 1.82) is 0 Å². The Labute approximate surface area is 130 Å². The Kier molecular flexibility index (Phi) is 4.85. The number of carbonyl (C=O) groups excluding carboxylic acids is 2. The van der Waals surface area contributed by atoms with Crippen molar-refractivity contribution in [3.63, 3.8) is 0 Å². The van der Waals surface area contributed by atoms with E-state index in [0.717, 1.165) is 10.7 Å². The van der Waals surface area contributed by atoms with Gasteiger partial charge in [0, 0.05) is 19.5 Å². The molecule has 6 nitrogen and oxygen atoms in total. The van der Waals surface area contributed by atoms with Crippen molar-refractivity contribution in [3.8, 4) is 0 Å². The summed E-state index contributed by atoms with van der Waals surface area (Å²) < 4.78 is 25.3. The highest BCUT2D eigenvalue weighted by molar-refractivity contribution is 7.90. The molecule has 0 saturated carbocycles. The Hall–Kier alpha value is -1.89. The molecule has 0 aromatic heterocycles. The zero-order valence-corrected chi connectivity index (χ0v) is 13.5. The number of fused-ring (bicyclic) bond motifs is 1. The van der Waals surface area contributed by atoms with Crippen LogP contribution in [-0.4, -0.2) is 37.6 Å². The maximum absolute atomic E-state index is 12.3. The average Bonchev–Trinajstić information content (AvgIpc) is 2.65. The largest absolute Gasteiger partial charge is 0.356 e. The zero-order chi connectivity index (χ0) is 16.3. The molecule has 1 aliphatic heterocycles. The summed E-state index contributed by atoms with van der Waals surface area (Å²) >= 11 is 0. The Bertz CT molecular complexity index is 683. The molecule has 120 valence electrons. The molecule has 1 aliphatic rings. The molecule has 0 saturated heterocycles. The summed E-state index contributed by atoms with van der Waals surface area (Å²) in [7, 11) is -3.82. The molecule has 0 aliphatic carbocycles. The predicted octanol–water partition coefficient (Wildman–Crippen LogP) is 1.38. The van der Waals surface area contributed by atoms with E-state index in [1.54, 1.807) is 12.1 Å². The summed E-state index contributed by atoms with van der Waals surface area (Å²) in [5, 5.41) is 2.73. The molecule has 1 heterocycles. The van der Waals surface area contributed by atoms with Crippen molar-refractivity contribution in [2.24, 2.45) is 5.92 Å². The molecule has 22 heavy (non-hydrogen) atoms. The first-order valence-electron chi connectivity index (χ1n) is 7.27. The van der Waals surface area contributed by atoms with Gasteiger partial charge in [-0.25, -0.2) is 12.7 Å². The van der Waals surface area contributed by atoms with E-state index in [0.29, 0.717) is 12.5 Å². The molecule has 2 amide bonds. The number of nitrogens with one attached hydrogen (secondary N) is 1. The third-order valence-electron chi connectivity index (χ3n) is 3.50. The molecule has 0 spiro atoms. The van der Waals surface area contributed by atoms with Crippen LogP contribution in [0.5, 0.6) is 0 Å². The van der Waals surface area contributed by atoms with Crippen molar-refractivity contribution in [1.82, 2.24) is 9.62 Å². The zero-order valence-electron chi connectivity index (χ0n) is 12.7. The second-order valence-corrected chi connectivity index (χ2v) is 7.49. The first-order valence-corrected chi connectivity index (χ1v) is 8.71. The SMILES string of the molecule is CC(C)CCNC(=O)CCN1C(=O)c2ccccc2S1(=O)=O. The van der Waals surface area contributed by atoms with Crippen molar-refractivity contribution in [2.45, 2.75) is 31.6 Å². The number of amides is 2. The summed E-state index contributed by atoms with van der Waals surface area (Å²) in [6.07, 6.45) is 0.829. The van der Waals surface area contributed by atoms with Crippen LogP contribution in [0.3, 0.4) is 0 Å². The molecule has 0 atom stereocenters. The Morgan fingerprint density at radius 3 is 2.59 bits per heavy atom. The highest BCUT2D eigenvalue weighted by Crippen LogP contribution is 2.29. The van der Waals surface area contributed by atoms with Crippen molar-refractivity contribution < 1.29 is 18.0 Å². The van der Waals surface area contributed by atoms with Gasteiger partial charge in [0.25, 0.3) is 15.9 Å². The third-order valence-corrected chi connectivity index (χ3v) is 5.34. The molecule has 0 unspecified atom stereocenters. The molecule has 0 bridgehead atoms. The molecule has 1 aromatic carbocycles. The molecule has 1 aromatic rings. The Balaban J connectivity index is 1.97. The summed E-state index contributed by atoms with van der Waals surface area (Å²) in [5.41, 5.74) is 0.169.